The fraction of sp³-hybridized carbons (Fsp3) is 0.107. The van der Waals surface area contributed by atoms with Crippen LogP contribution in [-0.4, -0.2) is 20.6 Å². The molecule has 7 heteroatoms. The van der Waals surface area contributed by atoms with E-state index in [1.807, 2.05) is 61.5 Å². The summed E-state index contributed by atoms with van der Waals surface area (Å²) in [4.78, 5) is 12.7. The Labute approximate surface area is 205 Å². The summed E-state index contributed by atoms with van der Waals surface area (Å²) in [6.45, 7) is 2.19. The minimum Gasteiger partial charge on any atom is -0.457 e. The van der Waals surface area contributed by atoms with Crippen molar-refractivity contribution in [1.82, 2.24) is 0 Å². The molecule has 1 N–H and O–H groups in total. The lowest BCUT2D eigenvalue weighted by Gasteiger charge is -2.23. The topological polar surface area (TPSA) is 75.7 Å². The first-order valence-corrected chi connectivity index (χ1v) is 12.9. The second-order valence-electron chi connectivity index (χ2n) is 8.20. The number of amides is 1. The first-order chi connectivity index (χ1) is 16.8. The monoisotopic (exact) mass is 486 g/mol. The molecule has 4 rings (SSSR count). The summed E-state index contributed by atoms with van der Waals surface area (Å²) in [5, 5.41) is 2.85. The number of anilines is 2. The molecule has 1 amide bonds. The van der Waals surface area contributed by atoms with Gasteiger partial charge in [0.05, 0.1) is 18.5 Å². The van der Waals surface area contributed by atoms with Crippen LogP contribution in [0.2, 0.25) is 0 Å². The number of sulfonamides is 1. The van der Waals surface area contributed by atoms with E-state index < -0.39 is 10.0 Å². The number of hydrogen-bond acceptors (Lipinski definition) is 4. The van der Waals surface area contributed by atoms with Crippen LogP contribution in [0.25, 0.3) is 0 Å². The van der Waals surface area contributed by atoms with Gasteiger partial charge in [-0.15, -0.1) is 0 Å². The molecule has 0 unspecified atom stereocenters. The normalized spacial score (nSPS) is 11.0. The first-order valence-electron chi connectivity index (χ1n) is 11.1. The van der Waals surface area contributed by atoms with Gasteiger partial charge in [0.1, 0.15) is 11.5 Å². The van der Waals surface area contributed by atoms with Crippen molar-refractivity contribution in [1.29, 1.82) is 0 Å². The van der Waals surface area contributed by atoms with Crippen molar-refractivity contribution in [2.75, 3.05) is 15.9 Å². The van der Waals surface area contributed by atoms with Crippen LogP contribution in [0.1, 0.15) is 21.5 Å². The summed E-state index contributed by atoms with van der Waals surface area (Å²) >= 11 is 0. The summed E-state index contributed by atoms with van der Waals surface area (Å²) < 4.78 is 32.0. The van der Waals surface area contributed by atoms with Gasteiger partial charge < -0.3 is 10.1 Å². The van der Waals surface area contributed by atoms with Crippen LogP contribution in [0.5, 0.6) is 11.5 Å². The third kappa shape index (κ3) is 6.49. The zero-order valence-corrected chi connectivity index (χ0v) is 20.3. The molecule has 0 saturated heterocycles. The molecule has 35 heavy (non-hydrogen) atoms. The summed E-state index contributed by atoms with van der Waals surface area (Å²) in [5.74, 6) is 1.10. The highest BCUT2D eigenvalue weighted by Gasteiger charge is 2.18. The van der Waals surface area contributed by atoms with Crippen LogP contribution >= 0.6 is 0 Å². The van der Waals surface area contributed by atoms with E-state index in [0.717, 1.165) is 16.9 Å². The molecule has 0 aromatic heterocycles. The number of para-hydroxylation sites is 1. The quantitative estimate of drug-likeness (QED) is 0.331. The summed E-state index contributed by atoms with van der Waals surface area (Å²) in [6, 6.07) is 30.7. The molecule has 0 aliphatic carbocycles. The minimum absolute atomic E-state index is 0.210. The van der Waals surface area contributed by atoms with Gasteiger partial charge in [0.2, 0.25) is 10.0 Å². The first kappa shape index (κ1) is 24.0. The van der Waals surface area contributed by atoms with E-state index >= 15 is 0 Å². The maximum Gasteiger partial charge on any atom is 0.255 e. The highest BCUT2D eigenvalue weighted by Crippen LogP contribution is 2.24. The summed E-state index contributed by atoms with van der Waals surface area (Å²) in [5.41, 5.74) is 3.52. The number of aryl methyl sites for hydroxylation is 1. The number of ether oxygens (including phenoxy) is 1. The molecular formula is C28H26N2O4S. The molecule has 0 radical (unpaired) electrons. The van der Waals surface area contributed by atoms with Gasteiger partial charge in [0.15, 0.2) is 0 Å². The molecule has 0 aliphatic rings. The number of nitrogens with zero attached hydrogens (tertiary/aromatic N) is 1. The Hall–Kier alpha value is -4.10. The zero-order valence-electron chi connectivity index (χ0n) is 19.5. The number of rotatable bonds is 8. The zero-order chi connectivity index (χ0) is 24.8. The van der Waals surface area contributed by atoms with Crippen LogP contribution < -0.4 is 14.4 Å². The van der Waals surface area contributed by atoms with Crippen molar-refractivity contribution in [3.05, 3.63) is 120 Å². The molecule has 0 spiro atoms. The maximum atomic E-state index is 12.7. The van der Waals surface area contributed by atoms with E-state index in [-0.39, 0.29) is 12.5 Å². The SMILES string of the molecule is Cc1ccc(CN(c2ccc(C(=O)Nc3ccc(Oc4ccccc4)cc3)cc2)S(C)(=O)=O)cc1. The van der Waals surface area contributed by atoms with Crippen molar-refractivity contribution >= 4 is 27.3 Å². The lowest BCUT2D eigenvalue weighted by molar-refractivity contribution is 0.102. The number of carbonyl (C=O) groups excluding carboxylic acids is 1. The van der Waals surface area contributed by atoms with E-state index in [0.29, 0.717) is 22.7 Å². The van der Waals surface area contributed by atoms with Crippen LogP contribution in [0.15, 0.2) is 103 Å². The predicted molar refractivity (Wildman–Crippen MR) is 140 cm³/mol. The standard InChI is InChI=1S/C28H26N2O4S/c1-21-8-10-22(11-9-21)20-30(35(2,32)33)25-16-12-23(13-17-25)28(31)29-24-14-18-27(19-15-24)34-26-6-4-3-5-7-26/h3-19H,20H2,1-2H3,(H,29,31). The van der Waals surface area contributed by atoms with Crippen LogP contribution in [0.3, 0.4) is 0 Å². The van der Waals surface area contributed by atoms with Crippen molar-refractivity contribution in [3.63, 3.8) is 0 Å². The average molecular weight is 487 g/mol. The Morgan fingerprint density at radius 1 is 0.800 bits per heavy atom. The van der Waals surface area contributed by atoms with Gasteiger partial charge in [0, 0.05) is 11.3 Å². The number of nitrogens with one attached hydrogen (secondary N) is 1. The van der Waals surface area contributed by atoms with Gasteiger partial charge in [-0.1, -0.05) is 48.0 Å². The smallest absolute Gasteiger partial charge is 0.255 e. The molecule has 4 aromatic carbocycles. The summed E-state index contributed by atoms with van der Waals surface area (Å²) in [6.07, 6.45) is 1.17. The lowest BCUT2D eigenvalue weighted by Crippen LogP contribution is -2.29. The number of benzene rings is 4. The molecule has 0 aliphatic heterocycles. The van der Waals surface area contributed by atoms with Crippen molar-refractivity contribution in [2.24, 2.45) is 0 Å². The van der Waals surface area contributed by atoms with Gasteiger partial charge in [-0.2, -0.15) is 0 Å². The second-order valence-corrected chi connectivity index (χ2v) is 10.1. The molecule has 0 fully saturated rings. The van der Waals surface area contributed by atoms with E-state index in [4.69, 9.17) is 4.74 Å². The van der Waals surface area contributed by atoms with Crippen LogP contribution in [0, 0.1) is 6.92 Å². The molecule has 0 atom stereocenters. The minimum atomic E-state index is -3.51. The number of hydrogen-bond donors (Lipinski definition) is 1. The molecule has 6 nitrogen and oxygen atoms in total. The fourth-order valence-electron chi connectivity index (χ4n) is 3.47. The highest BCUT2D eigenvalue weighted by atomic mass is 32.2. The molecule has 0 heterocycles. The van der Waals surface area contributed by atoms with E-state index in [1.54, 1.807) is 48.5 Å². The lowest BCUT2D eigenvalue weighted by atomic mass is 10.1. The van der Waals surface area contributed by atoms with Gasteiger partial charge in [-0.3, -0.25) is 9.10 Å². The van der Waals surface area contributed by atoms with E-state index in [1.165, 1.54) is 10.6 Å². The van der Waals surface area contributed by atoms with Crippen LogP contribution in [0.4, 0.5) is 11.4 Å². The largest absolute Gasteiger partial charge is 0.457 e. The van der Waals surface area contributed by atoms with Gasteiger partial charge >= 0.3 is 0 Å². The van der Waals surface area contributed by atoms with Gasteiger partial charge in [0.25, 0.3) is 5.91 Å². The van der Waals surface area contributed by atoms with E-state index in [9.17, 15) is 13.2 Å². The molecule has 4 aromatic rings. The molecular weight excluding hydrogens is 460 g/mol. The Balaban J connectivity index is 1.43. The molecule has 178 valence electrons. The number of carbonyl (C=O) groups is 1. The van der Waals surface area contributed by atoms with E-state index in [2.05, 4.69) is 5.32 Å². The Kier molecular flexibility index (Phi) is 7.17. The van der Waals surface area contributed by atoms with Crippen molar-refractivity contribution < 1.29 is 17.9 Å². The Morgan fingerprint density at radius 3 is 2.00 bits per heavy atom. The van der Waals surface area contributed by atoms with Gasteiger partial charge in [-0.25, -0.2) is 8.42 Å². The van der Waals surface area contributed by atoms with Crippen molar-refractivity contribution in [3.8, 4) is 11.5 Å². The van der Waals surface area contributed by atoms with Crippen molar-refractivity contribution in [2.45, 2.75) is 13.5 Å². The van der Waals surface area contributed by atoms with Gasteiger partial charge in [-0.05, 0) is 73.2 Å². The third-order valence-corrected chi connectivity index (χ3v) is 6.50. The summed E-state index contributed by atoms with van der Waals surface area (Å²) in [7, 11) is -3.51. The fourth-order valence-corrected chi connectivity index (χ4v) is 4.36. The van der Waals surface area contributed by atoms with Crippen LogP contribution in [-0.2, 0) is 16.6 Å². The predicted octanol–water partition coefficient (Wildman–Crippen LogP) is 6.01. The molecule has 0 bridgehead atoms. The second kappa shape index (κ2) is 10.4. The molecule has 0 saturated carbocycles. The average Bonchev–Trinajstić information content (AvgIpc) is 2.85. The maximum absolute atomic E-state index is 12.7. The third-order valence-electron chi connectivity index (χ3n) is 5.36. The Morgan fingerprint density at radius 2 is 1.40 bits per heavy atom. The Bertz CT molecular complexity index is 1380. The highest BCUT2D eigenvalue weighted by molar-refractivity contribution is 7.92.